The molecule has 25 nitrogen and oxygen atoms in total. The minimum atomic E-state index is -1.25. The summed E-state index contributed by atoms with van der Waals surface area (Å²) >= 11 is 0. The molecule has 0 aliphatic heterocycles. The number of nitrogens with zero attached hydrogens (tertiary/aromatic N) is 4. The zero-order valence-electron chi connectivity index (χ0n) is 35.6. The molecule has 0 aromatic heterocycles. The summed E-state index contributed by atoms with van der Waals surface area (Å²) < 4.78 is 0. The molecule has 0 fully saturated rings. The second-order valence-corrected chi connectivity index (χ2v) is 14.6. The van der Waals surface area contributed by atoms with Crippen LogP contribution in [0.1, 0.15) is 76.3 Å². The molecule has 5 amide bonds. The molecule has 0 unspecified atom stereocenters. The van der Waals surface area contributed by atoms with Crippen molar-refractivity contribution in [2.24, 2.45) is 83.2 Å². The molecule has 0 radical (unpaired) electrons. The van der Waals surface area contributed by atoms with E-state index in [1.807, 2.05) is 0 Å². The highest BCUT2D eigenvalue weighted by atomic mass is 16.2. The molecule has 0 spiro atoms. The second-order valence-electron chi connectivity index (χ2n) is 14.6. The number of amidine groups is 1. The summed E-state index contributed by atoms with van der Waals surface area (Å²) in [6, 6.07) is 1.01. The summed E-state index contributed by atoms with van der Waals surface area (Å²) in [5.74, 6) is -4.46. The Morgan fingerprint density at radius 3 is 1.31 bits per heavy atom. The quantitative estimate of drug-likeness (QED) is 0.0203. The molecule has 0 heterocycles. The number of benzene rings is 1. The topological polar surface area (TPSA) is 479 Å². The van der Waals surface area contributed by atoms with Gasteiger partial charge < -0.3 is 83.9 Å². The van der Waals surface area contributed by atoms with Gasteiger partial charge in [-0.05, 0) is 62.8 Å². The van der Waals surface area contributed by atoms with Gasteiger partial charge in [0.2, 0.25) is 29.5 Å². The molecule has 0 aliphatic carbocycles. The summed E-state index contributed by atoms with van der Waals surface area (Å²) in [7, 11) is 0. The van der Waals surface area contributed by atoms with Crippen LogP contribution in [0, 0.1) is 11.3 Å². The Kier molecular flexibility index (Phi) is 24.4. The molecular formula is C37H68N20O5. The van der Waals surface area contributed by atoms with E-state index < -0.39 is 65.7 Å². The zero-order valence-corrected chi connectivity index (χ0v) is 35.6. The van der Waals surface area contributed by atoms with Crippen LogP contribution in [0.5, 0.6) is 0 Å². The molecule has 0 aliphatic rings. The van der Waals surface area contributed by atoms with E-state index in [9.17, 15) is 24.0 Å². The smallest absolute Gasteiger partial charge is 0.243 e. The number of aliphatic imine (C=N–C) groups is 4. The number of nitrogens with two attached hydrogens (primary N) is 10. The van der Waals surface area contributed by atoms with Crippen LogP contribution < -0.4 is 83.9 Å². The first-order valence-corrected chi connectivity index (χ1v) is 20.1. The number of carbonyl (C=O) groups excluding carboxylic acids is 5. The fourth-order valence-electron chi connectivity index (χ4n) is 5.68. The molecule has 26 N–H and O–H groups in total. The maximum atomic E-state index is 14.0. The normalized spacial score (nSPS) is 13.1. The standard InChI is InChI=1S/C37H68N20O5/c1-20(2)27(33(62)56-24(8-4-16-50-35(43)44)30(59)53-19-21-11-13-22(14-12-21)28(39)40)57-32(61)26(10-6-18-52-37(47)48)55-31(60)25(9-5-17-51-36(45)46)54-29(58)23(38)7-3-15-49-34(41)42/h11-14,20,23-27H,3-10,15-19,38H2,1-2H3,(H3,39,40)(H,53,59)(H,54,58)(H,55,60)(H,56,62)(H,57,61)(H4,41,42,49)(H4,43,44,50)(H4,45,46,51)(H4,47,48,52)/t23-,24-,25-,26-,27-/m0/s1. The first kappa shape index (κ1) is 53.1. The van der Waals surface area contributed by atoms with Crippen molar-refractivity contribution in [3.05, 3.63) is 35.4 Å². The predicted octanol–water partition coefficient (Wildman–Crippen LogP) is -5.28. The van der Waals surface area contributed by atoms with E-state index in [1.54, 1.807) is 38.1 Å². The number of hydrogen-bond acceptors (Lipinski definition) is 11. The van der Waals surface area contributed by atoms with Crippen LogP contribution in [0.3, 0.4) is 0 Å². The summed E-state index contributed by atoms with van der Waals surface area (Å²) in [5.41, 5.74) is 56.4. The van der Waals surface area contributed by atoms with Crippen molar-refractivity contribution in [3.63, 3.8) is 0 Å². The van der Waals surface area contributed by atoms with Gasteiger partial charge in [0.1, 0.15) is 30.0 Å². The van der Waals surface area contributed by atoms with Gasteiger partial charge in [0.05, 0.1) is 6.04 Å². The fraction of sp³-hybridized carbons (Fsp3) is 0.568. The Labute approximate surface area is 361 Å². The van der Waals surface area contributed by atoms with Gasteiger partial charge in [0.15, 0.2) is 23.8 Å². The van der Waals surface area contributed by atoms with E-state index >= 15 is 0 Å². The third-order valence-electron chi connectivity index (χ3n) is 9.02. The Hall–Kier alpha value is -6.92. The van der Waals surface area contributed by atoms with Crippen molar-refractivity contribution in [1.82, 2.24) is 26.6 Å². The number of nitrogen functional groups attached to an aromatic ring is 1. The fourth-order valence-corrected chi connectivity index (χ4v) is 5.68. The maximum absolute atomic E-state index is 14.0. The van der Waals surface area contributed by atoms with Gasteiger partial charge in [-0.3, -0.25) is 49.4 Å². The van der Waals surface area contributed by atoms with E-state index in [1.165, 1.54) is 0 Å². The number of rotatable bonds is 29. The maximum Gasteiger partial charge on any atom is 0.243 e. The van der Waals surface area contributed by atoms with Crippen LogP contribution in [0.2, 0.25) is 0 Å². The Bertz CT molecular complexity index is 1730. The highest BCUT2D eigenvalue weighted by Gasteiger charge is 2.33. The number of hydrogen-bond donors (Lipinski definition) is 16. The molecule has 0 bridgehead atoms. The number of amides is 5. The predicted molar refractivity (Wildman–Crippen MR) is 239 cm³/mol. The number of nitrogens with one attached hydrogen (secondary N) is 6. The number of guanidine groups is 4. The monoisotopic (exact) mass is 873 g/mol. The molecule has 1 aromatic carbocycles. The summed E-state index contributed by atoms with van der Waals surface area (Å²) in [6.45, 7) is 4.16. The van der Waals surface area contributed by atoms with E-state index in [4.69, 9.17) is 62.7 Å². The lowest BCUT2D eigenvalue weighted by Crippen LogP contribution is -2.59. The first-order chi connectivity index (χ1) is 29.2. The minimum Gasteiger partial charge on any atom is -0.384 e. The molecule has 0 saturated carbocycles. The van der Waals surface area contributed by atoms with Gasteiger partial charge in [0.25, 0.3) is 0 Å². The van der Waals surface area contributed by atoms with Gasteiger partial charge in [0, 0.05) is 38.3 Å². The SMILES string of the molecule is CC(C)[C@H](NC(=O)[C@H](CCCN=C(N)N)NC(=O)[C@H](CCCN=C(N)N)NC(=O)[C@@H](N)CCCN=C(N)N)C(=O)N[C@@H](CCCN=C(N)N)C(=O)NCc1ccc(C(=N)N)cc1. The highest BCUT2D eigenvalue weighted by molar-refractivity contribution is 5.96. The van der Waals surface area contributed by atoms with Crippen LogP contribution in [0.25, 0.3) is 0 Å². The van der Waals surface area contributed by atoms with Gasteiger partial charge in [-0.15, -0.1) is 0 Å². The summed E-state index contributed by atoms with van der Waals surface area (Å²) in [6.07, 6.45) is 1.61. The molecule has 62 heavy (non-hydrogen) atoms. The largest absolute Gasteiger partial charge is 0.384 e. The Morgan fingerprint density at radius 2 is 0.903 bits per heavy atom. The molecular weight excluding hydrogens is 805 g/mol. The molecule has 5 atom stereocenters. The third kappa shape index (κ3) is 22.5. The van der Waals surface area contributed by atoms with Crippen LogP contribution in [-0.2, 0) is 30.5 Å². The Morgan fingerprint density at radius 1 is 0.532 bits per heavy atom. The molecule has 1 aromatic rings. The van der Waals surface area contributed by atoms with Crippen molar-refractivity contribution in [3.8, 4) is 0 Å². The van der Waals surface area contributed by atoms with Crippen molar-refractivity contribution in [2.75, 3.05) is 26.2 Å². The van der Waals surface area contributed by atoms with Crippen LogP contribution in [0.15, 0.2) is 44.2 Å². The minimum absolute atomic E-state index is 0.0168. The average Bonchev–Trinajstić information content (AvgIpc) is 3.20. The average molecular weight is 873 g/mol. The lowest BCUT2D eigenvalue weighted by molar-refractivity contribution is -0.135. The van der Waals surface area contributed by atoms with Crippen molar-refractivity contribution in [2.45, 2.75) is 102 Å². The van der Waals surface area contributed by atoms with E-state index in [-0.39, 0.29) is 101 Å². The molecule has 25 heteroatoms. The lowest BCUT2D eigenvalue weighted by Gasteiger charge is -2.28. The summed E-state index contributed by atoms with van der Waals surface area (Å²) in [4.78, 5) is 84.1. The Balaban J connectivity index is 3.32. The first-order valence-electron chi connectivity index (χ1n) is 20.1. The van der Waals surface area contributed by atoms with Crippen molar-refractivity contribution in [1.29, 1.82) is 5.41 Å². The van der Waals surface area contributed by atoms with Gasteiger partial charge >= 0.3 is 0 Å². The van der Waals surface area contributed by atoms with E-state index in [0.29, 0.717) is 24.0 Å². The van der Waals surface area contributed by atoms with Crippen LogP contribution in [-0.4, -0.2) is 116 Å². The third-order valence-corrected chi connectivity index (χ3v) is 9.02. The van der Waals surface area contributed by atoms with Gasteiger partial charge in [-0.2, -0.15) is 0 Å². The number of carbonyl (C=O) groups is 5. The molecule has 1 rings (SSSR count). The van der Waals surface area contributed by atoms with E-state index in [0.717, 1.165) is 0 Å². The molecule has 346 valence electrons. The summed E-state index contributed by atoms with van der Waals surface area (Å²) in [5, 5.41) is 21.2. The van der Waals surface area contributed by atoms with Crippen molar-refractivity contribution < 1.29 is 24.0 Å². The molecule has 0 saturated heterocycles. The second kappa shape index (κ2) is 28.5. The van der Waals surface area contributed by atoms with Crippen LogP contribution in [0.4, 0.5) is 0 Å². The zero-order chi connectivity index (χ0) is 46.8. The van der Waals surface area contributed by atoms with Crippen molar-refractivity contribution >= 4 is 59.2 Å². The van der Waals surface area contributed by atoms with Gasteiger partial charge in [-0.25, -0.2) is 0 Å². The van der Waals surface area contributed by atoms with Crippen LogP contribution >= 0.6 is 0 Å². The highest BCUT2D eigenvalue weighted by Crippen LogP contribution is 2.10. The lowest BCUT2D eigenvalue weighted by atomic mass is 10.0. The van der Waals surface area contributed by atoms with E-state index in [2.05, 4.69) is 46.6 Å². The van der Waals surface area contributed by atoms with Gasteiger partial charge in [-0.1, -0.05) is 38.1 Å².